The summed E-state index contributed by atoms with van der Waals surface area (Å²) in [5.74, 6) is 0.196. The van der Waals surface area contributed by atoms with Gasteiger partial charge in [0.05, 0.1) is 37.7 Å². The molecule has 0 unspecified atom stereocenters. The molecule has 0 aromatic heterocycles. The van der Waals surface area contributed by atoms with E-state index in [2.05, 4.69) is 0 Å². The summed E-state index contributed by atoms with van der Waals surface area (Å²) in [6.45, 7) is 4.08. The van der Waals surface area contributed by atoms with Crippen LogP contribution in [0.1, 0.15) is 19.4 Å². The summed E-state index contributed by atoms with van der Waals surface area (Å²) >= 11 is 6.10. The van der Waals surface area contributed by atoms with Crippen LogP contribution in [0.2, 0.25) is 5.02 Å². The van der Waals surface area contributed by atoms with Gasteiger partial charge in [-0.05, 0) is 55.8 Å². The van der Waals surface area contributed by atoms with Crippen LogP contribution < -0.4 is 14.4 Å². The van der Waals surface area contributed by atoms with E-state index in [1.165, 1.54) is 12.0 Å². The van der Waals surface area contributed by atoms with E-state index in [1.54, 1.807) is 62.6 Å². The highest BCUT2D eigenvalue weighted by molar-refractivity contribution is 6.31. The number of amides is 1. The van der Waals surface area contributed by atoms with Gasteiger partial charge in [0.1, 0.15) is 0 Å². The predicted octanol–water partition coefficient (Wildman–Crippen LogP) is 4.62. The Hall–Kier alpha value is -3.25. The quantitative estimate of drug-likeness (QED) is 0.497. The van der Waals surface area contributed by atoms with E-state index in [-0.39, 0.29) is 17.1 Å². The average Bonchev–Trinajstić information content (AvgIpc) is 2.98. The largest absolute Gasteiger partial charge is 0.493 e. The number of rotatable bonds is 6. The molecule has 3 rings (SSSR count). The Labute approximate surface area is 180 Å². The number of ether oxygens (including phenoxy) is 3. The van der Waals surface area contributed by atoms with Crippen LogP contribution in [-0.2, 0) is 14.3 Å². The molecule has 0 saturated heterocycles. The Morgan fingerprint density at radius 2 is 1.90 bits per heavy atom. The third-order valence-electron chi connectivity index (χ3n) is 4.65. The highest BCUT2D eigenvalue weighted by Crippen LogP contribution is 2.37. The van der Waals surface area contributed by atoms with Gasteiger partial charge < -0.3 is 14.2 Å². The second-order valence-electron chi connectivity index (χ2n) is 6.47. The fourth-order valence-electron chi connectivity index (χ4n) is 3.32. The first-order valence-corrected chi connectivity index (χ1v) is 9.71. The SMILES string of the molecule is CCOc1ccc(/C=C2\C(=O)N(c3cccc(Cl)c3)C(C)=C2C(=O)OC)cc1OC. The monoisotopic (exact) mass is 427 g/mol. The fourth-order valence-corrected chi connectivity index (χ4v) is 3.51. The molecule has 0 N–H and O–H groups in total. The van der Waals surface area contributed by atoms with Gasteiger partial charge in [-0.2, -0.15) is 0 Å². The Morgan fingerprint density at radius 3 is 2.53 bits per heavy atom. The van der Waals surface area contributed by atoms with E-state index in [1.807, 2.05) is 6.92 Å². The molecule has 0 atom stereocenters. The summed E-state index contributed by atoms with van der Waals surface area (Å²) in [5.41, 5.74) is 2.15. The molecular weight excluding hydrogens is 406 g/mol. The predicted molar refractivity (Wildman–Crippen MR) is 116 cm³/mol. The lowest BCUT2D eigenvalue weighted by Gasteiger charge is -2.18. The van der Waals surface area contributed by atoms with Crippen LogP contribution in [0.25, 0.3) is 6.08 Å². The summed E-state index contributed by atoms with van der Waals surface area (Å²) in [7, 11) is 2.83. The maximum atomic E-state index is 13.3. The summed E-state index contributed by atoms with van der Waals surface area (Å²) in [5, 5.41) is 0.487. The standard InChI is InChI=1S/C23H22ClNO5/c1-5-30-19-10-9-15(12-20(19)28-3)11-18-21(23(27)29-4)14(2)25(22(18)26)17-8-6-7-16(24)13-17/h6-13H,5H2,1-4H3/b18-11-. The van der Waals surface area contributed by atoms with Gasteiger partial charge in [0, 0.05) is 10.7 Å². The molecule has 0 radical (unpaired) electrons. The summed E-state index contributed by atoms with van der Waals surface area (Å²) in [4.78, 5) is 27.3. The van der Waals surface area contributed by atoms with Crippen molar-refractivity contribution in [3.8, 4) is 11.5 Å². The van der Waals surface area contributed by atoms with E-state index in [9.17, 15) is 9.59 Å². The van der Waals surface area contributed by atoms with E-state index in [4.69, 9.17) is 25.8 Å². The molecular formula is C23H22ClNO5. The maximum absolute atomic E-state index is 13.3. The van der Waals surface area contributed by atoms with Gasteiger partial charge in [-0.25, -0.2) is 4.79 Å². The lowest BCUT2D eigenvalue weighted by Crippen LogP contribution is -2.24. The molecule has 0 saturated carbocycles. The zero-order chi connectivity index (χ0) is 21.8. The molecule has 2 aromatic rings. The van der Waals surface area contributed by atoms with Crippen LogP contribution in [0.15, 0.2) is 59.3 Å². The summed E-state index contributed by atoms with van der Waals surface area (Å²) in [6.07, 6.45) is 1.64. The first kappa shape index (κ1) is 21.5. The van der Waals surface area contributed by atoms with Crippen molar-refractivity contribution >= 4 is 35.2 Å². The minimum absolute atomic E-state index is 0.204. The van der Waals surface area contributed by atoms with Gasteiger partial charge in [-0.15, -0.1) is 0 Å². The second kappa shape index (κ2) is 9.05. The molecule has 156 valence electrons. The molecule has 6 nitrogen and oxygen atoms in total. The first-order valence-electron chi connectivity index (χ1n) is 9.33. The lowest BCUT2D eigenvalue weighted by atomic mass is 10.0. The van der Waals surface area contributed by atoms with Crippen molar-refractivity contribution in [3.05, 3.63) is 69.9 Å². The normalized spacial score (nSPS) is 15.0. The van der Waals surface area contributed by atoms with Crippen molar-refractivity contribution in [3.63, 3.8) is 0 Å². The Morgan fingerprint density at radius 1 is 1.13 bits per heavy atom. The van der Waals surface area contributed by atoms with Gasteiger partial charge in [0.25, 0.3) is 5.91 Å². The second-order valence-corrected chi connectivity index (χ2v) is 6.91. The Kier molecular flexibility index (Phi) is 6.47. The minimum Gasteiger partial charge on any atom is -0.493 e. The van der Waals surface area contributed by atoms with Crippen molar-refractivity contribution < 1.29 is 23.8 Å². The summed E-state index contributed by atoms with van der Waals surface area (Å²) < 4.78 is 15.9. The maximum Gasteiger partial charge on any atom is 0.340 e. The van der Waals surface area contributed by atoms with Gasteiger partial charge >= 0.3 is 5.97 Å². The first-order chi connectivity index (χ1) is 14.4. The lowest BCUT2D eigenvalue weighted by molar-refractivity contribution is -0.136. The van der Waals surface area contributed by atoms with Crippen molar-refractivity contribution in [2.45, 2.75) is 13.8 Å². The molecule has 7 heteroatoms. The number of carbonyl (C=O) groups is 2. The van der Waals surface area contributed by atoms with E-state index < -0.39 is 5.97 Å². The average molecular weight is 428 g/mol. The van der Waals surface area contributed by atoms with Crippen molar-refractivity contribution in [1.82, 2.24) is 0 Å². The zero-order valence-electron chi connectivity index (χ0n) is 17.2. The van der Waals surface area contributed by atoms with Crippen LogP contribution in [-0.4, -0.2) is 32.7 Å². The smallest absolute Gasteiger partial charge is 0.340 e. The van der Waals surface area contributed by atoms with E-state index in [0.29, 0.717) is 40.1 Å². The number of hydrogen-bond donors (Lipinski definition) is 0. The van der Waals surface area contributed by atoms with Gasteiger partial charge in [-0.3, -0.25) is 9.69 Å². The van der Waals surface area contributed by atoms with Crippen LogP contribution in [0.3, 0.4) is 0 Å². The third kappa shape index (κ3) is 4.04. The number of anilines is 1. The van der Waals surface area contributed by atoms with Crippen LogP contribution >= 0.6 is 11.6 Å². The van der Waals surface area contributed by atoms with Gasteiger partial charge in [0.2, 0.25) is 0 Å². The van der Waals surface area contributed by atoms with E-state index >= 15 is 0 Å². The number of allylic oxidation sites excluding steroid dienone is 1. The van der Waals surface area contributed by atoms with Gasteiger partial charge in [0.15, 0.2) is 11.5 Å². The highest BCUT2D eigenvalue weighted by atomic mass is 35.5. The highest BCUT2D eigenvalue weighted by Gasteiger charge is 2.38. The molecule has 0 spiro atoms. The van der Waals surface area contributed by atoms with Crippen LogP contribution in [0, 0.1) is 0 Å². The molecule has 0 fully saturated rings. The molecule has 0 aliphatic carbocycles. The number of methoxy groups -OCH3 is 2. The van der Waals surface area contributed by atoms with Crippen molar-refractivity contribution in [1.29, 1.82) is 0 Å². The number of hydrogen-bond acceptors (Lipinski definition) is 5. The number of carbonyl (C=O) groups excluding carboxylic acids is 2. The topological polar surface area (TPSA) is 65.1 Å². The van der Waals surface area contributed by atoms with Gasteiger partial charge in [-0.1, -0.05) is 23.7 Å². The molecule has 2 aromatic carbocycles. The number of esters is 1. The summed E-state index contributed by atoms with van der Waals surface area (Å²) in [6, 6.07) is 12.2. The van der Waals surface area contributed by atoms with E-state index in [0.717, 1.165) is 0 Å². The number of nitrogens with zero attached hydrogens (tertiary/aromatic N) is 1. The third-order valence-corrected chi connectivity index (χ3v) is 4.89. The Bertz CT molecular complexity index is 1060. The molecule has 30 heavy (non-hydrogen) atoms. The molecule has 1 heterocycles. The number of halogens is 1. The fraction of sp³-hybridized carbons (Fsp3) is 0.217. The zero-order valence-corrected chi connectivity index (χ0v) is 17.9. The molecule has 1 amide bonds. The number of benzene rings is 2. The van der Waals surface area contributed by atoms with Crippen LogP contribution in [0.5, 0.6) is 11.5 Å². The molecule has 1 aliphatic heterocycles. The van der Waals surface area contributed by atoms with Crippen LogP contribution in [0.4, 0.5) is 5.69 Å². The van der Waals surface area contributed by atoms with Crippen molar-refractivity contribution in [2.24, 2.45) is 0 Å². The molecule has 0 bridgehead atoms. The minimum atomic E-state index is -0.588. The Balaban J connectivity index is 2.11. The molecule has 1 aliphatic rings. The van der Waals surface area contributed by atoms with Crippen molar-refractivity contribution in [2.75, 3.05) is 25.7 Å².